The van der Waals surface area contributed by atoms with Gasteiger partial charge < -0.3 is 44.8 Å². The van der Waals surface area contributed by atoms with Gasteiger partial charge in [-0.15, -0.1) is 0 Å². The van der Waals surface area contributed by atoms with Crippen LogP contribution in [0.4, 0.5) is 0 Å². The second kappa shape index (κ2) is 17.9. The van der Waals surface area contributed by atoms with Crippen molar-refractivity contribution in [2.75, 3.05) is 41.3 Å². The number of phenols is 2. The van der Waals surface area contributed by atoms with Crippen molar-refractivity contribution in [3.63, 3.8) is 0 Å². The normalized spacial score (nSPS) is 14.2. The third-order valence-electron chi connectivity index (χ3n) is 6.31. The van der Waals surface area contributed by atoms with Crippen LogP contribution < -0.4 is 34.6 Å². The molecule has 0 heterocycles. The Hall–Kier alpha value is -1.46. The van der Waals surface area contributed by atoms with Crippen LogP contribution in [0.25, 0.3) is 0 Å². The Morgan fingerprint density at radius 2 is 0.971 bits per heavy atom. The molecule has 0 aliphatic carbocycles. The Bertz CT molecular complexity index is 721. The second-order valence-corrected chi connectivity index (χ2v) is 10.00. The molecular formula is C28H48Cl2N2O2. The van der Waals surface area contributed by atoms with Crippen LogP contribution in [0, 0.1) is 11.8 Å². The molecule has 0 radical (unpaired) electrons. The van der Waals surface area contributed by atoms with Crippen molar-refractivity contribution >= 4 is 0 Å². The van der Waals surface area contributed by atoms with Gasteiger partial charge in [0.2, 0.25) is 0 Å². The van der Waals surface area contributed by atoms with Gasteiger partial charge >= 0.3 is 0 Å². The number of halogens is 2. The largest absolute Gasteiger partial charge is 1.00 e. The number of nitrogens with one attached hydrogen (secondary N) is 2. The lowest BCUT2D eigenvalue weighted by Crippen LogP contribution is -3.06. The zero-order valence-corrected chi connectivity index (χ0v) is 23.9. The molecule has 4 nitrogen and oxygen atoms in total. The molecule has 2 rings (SSSR count). The molecule has 0 unspecified atom stereocenters. The summed E-state index contributed by atoms with van der Waals surface area (Å²) in [7, 11) is 8.74. The topological polar surface area (TPSA) is 49.3 Å². The number of hydrogen-bond donors (Lipinski definition) is 4. The van der Waals surface area contributed by atoms with Crippen molar-refractivity contribution in [1.82, 2.24) is 0 Å². The minimum atomic E-state index is 0. The Morgan fingerprint density at radius 1 is 0.647 bits per heavy atom. The van der Waals surface area contributed by atoms with Crippen LogP contribution in [0.3, 0.4) is 0 Å². The Labute approximate surface area is 221 Å². The molecule has 2 aromatic carbocycles. The summed E-state index contributed by atoms with van der Waals surface area (Å²) < 4.78 is 0. The predicted octanol–water partition coefficient (Wildman–Crippen LogP) is -2.66. The molecule has 0 aromatic heterocycles. The molecule has 34 heavy (non-hydrogen) atoms. The summed E-state index contributed by atoms with van der Waals surface area (Å²) in [6.07, 6.45) is 2.25. The number of benzene rings is 2. The average molecular weight is 516 g/mol. The summed E-state index contributed by atoms with van der Waals surface area (Å²) >= 11 is 0. The quantitative estimate of drug-likeness (QED) is 0.279. The maximum absolute atomic E-state index is 9.52. The highest BCUT2D eigenvalue weighted by atomic mass is 35.5. The highest BCUT2D eigenvalue weighted by Crippen LogP contribution is 2.30. The van der Waals surface area contributed by atoms with Gasteiger partial charge in [-0.2, -0.15) is 0 Å². The van der Waals surface area contributed by atoms with Gasteiger partial charge in [0.25, 0.3) is 0 Å². The number of quaternary nitrogens is 2. The summed E-state index contributed by atoms with van der Waals surface area (Å²) in [5, 5.41) is 19.0. The van der Waals surface area contributed by atoms with E-state index >= 15 is 0 Å². The third kappa shape index (κ3) is 12.3. The molecule has 4 atom stereocenters. The molecule has 196 valence electrons. The first-order valence-corrected chi connectivity index (χ1v) is 12.2. The van der Waals surface area contributed by atoms with Crippen LogP contribution in [0.15, 0.2) is 48.5 Å². The van der Waals surface area contributed by atoms with Gasteiger partial charge in [-0.05, 0) is 60.1 Å². The van der Waals surface area contributed by atoms with Gasteiger partial charge in [0, 0.05) is 11.8 Å². The summed E-state index contributed by atoms with van der Waals surface area (Å²) in [4.78, 5) is 2.96. The van der Waals surface area contributed by atoms with Gasteiger partial charge in [-0.1, -0.05) is 52.0 Å². The van der Waals surface area contributed by atoms with Crippen LogP contribution in [0.2, 0.25) is 0 Å². The summed E-state index contributed by atoms with van der Waals surface area (Å²) in [5.74, 6) is 3.11. The van der Waals surface area contributed by atoms with E-state index in [9.17, 15) is 10.2 Å². The van der Waals surface area contributed by atoms with Crippen LogP contribution in [0.1, 0.15) is 63.5 Å². The van der Waals surface area contributed by atoms with Crippen molar-refractivity contribution in [2.45, 2.75) is 52.4 Å². The van der Waals surface area contributed by atoms with E-state index in [1.807, 2.05) is 24.3 Å². The first-order valence-electron chi connectivity index (χ1n) is 12.2. The molecule has 6 heteroatoms. The molecule has 0 aliphatic heterocycles. The number of rotatable bonds is 10. The second-order valence-electron chi connectivity index (χ2n) is 10.00. The van der Waals surface area contributed by atoms with E-state index in [4.69, 9.17) is 0 Å². The smallest absolute Gasteiger partial charge is 0.115 e. The van der Waals surface area contributed by atoms with Crippen molar-refractivity contribution in [3.8, 4) is 11.5 Å². The molecule has 0 bridgehead atoms. The molecule has 0 amide bonds. The molecule has 2 aromatic rings. The lowest BCUT2D eigenvalue weighted by atomic mass is 9.85. The summed E-state index contributed by atoms with van der Waals surface area (Å²) in [6, 6.07) is 15.4. The van der Waals surface area contributed by atoms with Crippen LogP contribution in [0.5, 0.6) is 11.5 Å². The minimum absolute atomic E-state index is 0. The fourth-order valence-electron chi connectivity index (χ4n) is 5.02. The molecule has 0 aliphatic rings. The lowest BCUT2D eigenvalue weighted by molar-refractivity contribution is -0.862. The van der Waals surface area contributed by atoms with Gasteiger partial charge in [-0.25, -0.2) is 0 Å². The molecule has 0 saturated carbocycles. The standard InChI is InChI=1S/2C14H23NO.2ClH/c2*1-5-14(11(2)10-15(3)4)12-7-6-8-13(16)9-12;;/h2*6-9,11,14,16H,5,10H2,1-4H3;2*1H/t2*11-,14+;;/m11../s1. The zero-order chi connectivity index (χ0) is 24.3. The average Bonchev–Trinajstić information content (AvgIpc) is 2.68. The van der Waals surface area contributed by atoms with Crippen LogP contribution >= 0.6 is 0 Å². The van der Waals surface area contributed by atoms with Crippen LogP contribution in [-0.4, -0.2) is 51.5 Å². The number of hydrogen-bond acceptors (Lipinski definition) is 2. The Kier molecular flexibility index (Phi) is 18.3. The van der Waals surface area contributed by atoms with E-state index in [1.54, 1.807) is 12.1 Å². The van der Waals surface area contributed by atoms with Crippen molar-refractivity contribution in [1.29, 1.82) is 0 Å². The highest BCUT2D eigenvalue weighted by molar-refractivity contribution is 5.30. The summed E-state index contributed by atoms with van der Waals surface area (Å²) in [5.41, 5.74) is 2.52. The van der Waals surface area contributed by atoms with E-state index < -0.39 is 0 Å². The lowest BCUT2D eigenvalue weighted by Gasteiger charge is -2.24. The zero-order valence-electron chi connectivity index (χ0n) is 22.4. The van der Waals surface area contributed by atoms with Crippen molar-refractivity contribution < 1.29 is 44.8 Å². The maximum Gasteiger partial charge on any atom is 0.115 e. The predicted molar refractivity (Wildman–Crippen MR) is 136 cm³/mol. The van der Waals surface area contributed by atoms with Crippen molar-refractivity contribution in [2.24, 2.45) is 11.8 Å². The van der Waals surface area contributed by atoms with Gasteiger partial charge in [0.1, 0.15) is 11.5 Å². The molecular weight excluding hydrogens is 467 g/mol. The fourth-order valence-corrected chi connectivity index (χ4v) is 5.02. The van der Waals surface area contributed by atoms with E-state index in [0.717, 1.165) is 25.9 Å². The van der Waals surface area contributed by atoms with Crippen molar-refractivity contribution in [3.05, 3.63) is 59.7 Å². The van der Waals surface area contributed by atoms with E-state index in [1.165, 1.54) is 20.9 Å². The number of aromatic hydroxyl groups is 2. The monoisotopic (exact) mass is 514 g/mol. The van der Waals surface area contributed by atoms with Crippen LogP contribution in [-0.2, 0) is 0 Å². The first-order chi connectivity index (χ1) is 15.1. The Morgan fingerprint density at radius 3 is 1.21 bits per heavy atom. The molecule has 0 fully saturated rings. The highest BCUT2D eigenvalue weighted by Gasteiger charge is 2.21. The first kappa shape index (κ1) is 34.7. The van der Waals surface area contributed by atoms with E-state index in [-0.39, 0.29) is 24.8 Å². The SMILES string of the molecule is CC[C@H](c1cccc(O)c1)[C@H](C)C[NH+](C)C.CC[C@H](c1cccc(O)c1)[C@H](C)C[NH+](C)C.[Cl-].[Cl-]. The minimum Gasteiger partial charge on any atom is -1.00 e. The third-order valence-corrected chi connectivity index (χ3v) is 6.31. The fraction of sp³-hybridized carbons (Fsp3) is 0.571. The molecule has 0 spiro atoms. The maximum atomic E-state index is 9.52. The number of phenolic OH excluding ortho intramolecular Hbond substituents is 2. The molecule has 4 N–H and O–H groups in total. The van der Waals surface area contributed by atoms with E-state index in [2.05, 4.69) is 68.0 Å². The van der Waals surface area contributed by atoms with Gasteiger partial charge in [0.05, 0.1) is 41.3 Å². The van der Waals surface area contributed by atoms with Gasteiger partial charge in [-0.3, -0.25) is 0 Å². The summed E-state index contributed by atoms with van der Waals surface area (Å²) in [6.45, 7) is 11.4. The van der Waals surface area contributed by atoms with E-state index in [0.29, 0.717) is 35.2 Å². The Balaban J connectivity index is 0. The van der Waals surface area contributed by atoms with Gasteiger partial charge in [0.15, 0.2) is 0 Å². The molecule has 0 saturated heterocycles.